The quantitative estimate of drug-likeness (QED) is 0.780. The number of aliphatic hydroxyl groups excluding tert-OH is 1. The van der Waals surface area contributed by atoms with Crippen LogP contribution in [0.4, 0.5) is 0 Å². The highest BCUT2D eigenvalue weighted by Gasteiger charge is 2.28. The van der Waals surface area contributed by atoms with E-state index in [0.29, 0.717) is 12.8 Å². The SMILES string of the molecule is CCC(C)(CCO)NS(=O)(=O)c1ccc(Cl)nc1. The molecule has 1 rings (SSSR count). The van der Waals surface area contributed by atoms with Crippen molar-refractivity contribution in [1.82, 2.24) is 9.71 Å². The highest BCUT2D eigenvalue weighted by atomic mass is 35.5. The van der Waals surface area contributed by atoms with Gasteiger partial charge in [-0.1, -0.05) is 18.5 Å². The maximum atomic E-state index is 12.1. The third-order valence-electron chi connectivity index (χ3n) is 2.84. The van der Waals surface area contributed by atoms with Crippen molar-refractivity contribution in [2.75, 3.05) is 6.61 Å². The van der Waals surface area contributed by atoms with Crippen LogP contribution >= 0.6 is 11.6 Å². The number of nitrogens with zero attached hydrogens (tertiary/aromatic N) is 1. The maximum Gasteiger partial charge on any atom is 0.242 e. The minimum Gasteiger partial charge on any atom is -0.396 e. The minimum atomic E-state index is -3.65. The molecule has 0 amide bonds. The number of halogens is 1. The summed E-state index contributed by atoms with van der Waals surface area (Å²) in [7, 11) is -3.65. The predicted octanol–water partition coefficient (Wildman–Crippen LogP) is 1.56. The highest BCUT2D eigenvalue weighted by Crippen LogP contribution is 2.19. The summed E-state index contributed by atoms with van der Waals surface area (Å²) in [5.74, 6) is 0. The monoisotopic (exact) mass is 292 g/mol. The number of aromatic nitrogens is 1. The first-order chi connectivity index (χ1) is 8.33. The Hall–Kier alpha value is -0.690. The van der Waals surface area contributed by atoms with Crippen LogP contribution in [0.5, 0.6) is 0 Å². The lowest BCUT2D eigenvalue weighted by molar-refractivity contribution is 0.233. The fourth-order valence-electron chi connectivity index (χ4n) is 1.45. The van der Waals surface area contributed by atoms with Crippen LogP contribution < -0.4 is 4.72 Å². The fraction of sp³-hybridized carbons (Fsp3) is 0.545. The molecule has 102 valence electrons. The zero-order valence-electron chi connectivity index (χ0n) is 10.4. The van der Waals surface area contributed by atoms with E-state index in [2.05, 4.69) is 9.71 Å². The van der Waals surface area contributed by atoms with Crippen LogP contribution in [0.1, 0.15) is 26.7 Å². The molecule has 0 spiro atoms. The Kier molecular flexibility index (Phi) is 5.10. The number of sulfonamides is 1. The molecule has 1 aromatic heterocycles. The molecule has 1 atom stereocenters. The number of aliphatic hydroxyl groups is 1. The number of pyridine rings is 1. The number of hydrogen-bond acceptors (Lipinski definition) is 4. The first kappa shape index (κ1) is 15.4. The van der Waals surface area contributed by atoms with Gasteiger partial charge in [-0.2, -0.15) is 0 Å². The van der Waals surface area contributed by atoms with E-state index < -0.39 is 15.6 Å². The number of hydrogen-bond donors (Lipinski definition) is 2. The van der Waals surface area contributed by atoms with Gasteiger partial charge in [-0.05, 0) is 31.9 Å². The topological polar surface area (TPSA) is 79.3 Å². The van der Waals surface area contributed by atoms with E-state index in [4.69, 9.17) is 16.7 Å². The number of nitrogens with one attached hydrogen (secondary N) is 1. The molecule has 1 aromatic rings. The molecule has 0 fully saturated rings. The standard InChI is InChI=1S/C11H17ClN2O3S/c1-3-11(2,6-7-15)14-18(16,17)9-4-5-10(12)13-8-9/h4-5,8,14-15H,3,6-7H2,1-2H3. The van der Waals surface area contributed by atoms with Gasteiger partial charge in [-0.25, -0.2) is 18.1 Å². The van der Waals surface area contributed by atoms with Gasteiger partial charge >= 0.3 is 0 Å². The van der Waals surface area contributed by atoms with E-state index in [0.717, 1.165) is 0 Å². The second kappa shape index (κ2) is 5.97. The summed E-state index contributed by atoms with van der Waals surface area (Å²) in [5, 5.41) is 9.21. The van der Waals surface area contributed by atoms with Crippen molar-refractivity contribution in [2.45, 2.75) is 37.1 Å². The van der Waals surface area contributed by atoms with Crippen LogP contribution in [0, 0.1) is 0 Å². The predicted molar refractivity (Wildman–Crippen MR) is 70.0 cm³/mol. The smallest absolute Gasteiger partial charge is 0.242 e. The van der Waals surface area contributed by atoms with E-state index in [-0.39, 0.29) is 16.7 Å². The first-order valence-corrected chi connectivity index (χ1v) is 7.45. The van der Waals surface area contributed by atoms with Crippen molar-refractivity contribution >= 4 is 21.6 Å². The van der Waals surface area contributed by atoms with Gasteiger partial charge in [0.25, 0.3) is 0 Å². The van der Waals surface area contributed by atoms with Crippen molar-refractivity contribution in [3.63, 3.8) is 0 Å². The van der Waals surface area contributed by atoms with Crippen molar-refractivity contribution in [3.05, 3.63) is 23.5 Å². The summed E-state index contributed by atoms with van der Waals surface area (Å²) in [6.45, 7) is 3.54. The van der Waals surface area contributed by atoms with Gasteiger partial charge in [0.2, 0.25) is 10.0 Å². The van der Waals surface area contributed by atoms with Crippen molar-refractivity contribution < 1.29 is 13.5 Å². The molecule has 0 aliphatic heterocycles. The van der Waals surface area contributed by atoms with Crippen LogP contribution in [0.15, 0.2) is 23.2 Å². The summed E-state index contributed by atoms with van der Waals surface area (Å²) in [5.41, 5.74) is -0.673. The number of rotatable bonds is 6. The molecule has 0 aromatic carbocycles. The second-order valence-corrected chi connectivity index (χ2v) is 6.38. The van der Waals surface area contributed by atoms with Gasteiger partial charge < -0.3 is 5.11 Å². The molecular formula is C11H17ClN2O3S. The van der Waals surface area contributed by atoms with Crippen LogP contribution in [0.2, 0.25) is 5.15 Å². The molecule has 0 saturated heterocycles. The summed E-state index contributed by atoms with van der Waals surface area (Å²) in [6, 6.07) is 2.82. The fourth-order valence-corrected chi connectivity index (χ4v) is 3.01. The van der Waals surface area contributed by atoms with E-state index in [1.165, 1.54) is 18.3 Å². The molecule has 7 heteroatoms. The third-order valence-corrected chi connectivity index (χ3v) is 4.68. The Labute approximate surface area is 112 Å². The lowest BCUT2D eigenvalue weighted by atomic mass is 9.97. The lowest BCUT2D eigenvalue weighted by Gasteiger charge is -2.28. The van der Waals surface area contributed by atoms with Gasteiger partial charge in [0.05, 0.1) is 0 Å². The Bertz CT molecular complexity index is 490. The molecule has 18 heavy (non-hydrogen) atoms. The lowest BCUT2D eigenvalue weighted by Crippen LogP contribution is -2.46. The van der Waals surface area contributed by atoms with Gasteiger partial charge in [-0.3, -0.25) is 0 Å². The zero-order valence-corrected chi connectivity index (χ0v) is 11.9. The maximum absolute atomic E-state index is 12.1. The summed E-state index contributed by atoms with van der Waals surface area (Å²) in [6.07, 6.45) is 2.14. The largest absolute Gasteiger partial charge is 0.396 e. The van der Waals surface area contributed by atoms with Crippen LogP contribution in [-0.2, 0) is 10.0 Å². The molecule has 2 N–H and O–H groups in total. The van der Waals surface area contributed by atoms with Crippen LogP contribution in [0.25, 0.3) is 0 Å². The Morgan fingerprint density at radius 1 is 1.50 bits per heavy atom. The van der Waals surface area contributed by atoms with E-state index >= 15 is 0 Å². The van der Waals surface area contributed by atoms with E-state index in [1.807, 2.05) is 6.92 Å². The summed E-state index contributed by atoms with van der Waals surface area (Å²) in [4.78, 5) is 3.80. The van der Waals surface area contributed by atoms with Crippen molar-refractivity contribution in [1.29, 1.82) is 0 Å². The van der Waals surface area contributed by atoms with Gasteiger partial charge in [0.1, 0.15) is 10.0 Å². The third kappa shape index (κ3) is 3.91. The average Bonchev–Trinajstić information content (AvgIpc) is 2.29. The van der Waals surface area contributed by atoms with Crippen LogP contribution in [0.3, 0.4) is 0 Å². The van der Waals surface area contributed by atoms with Gasteiger partial charge in [0, 0.05) is 18.3 Å². The molecular weight excluding hydrogens is 276 g/mol. The minimum absolute atomic E-state index is 0.0597. The zero-order chi connectivity index (χ0) is 13.8. The molecule has 0 aliphatic carbocycles. The van der Waals surface area contributed by atoms with Crippen molar-refractivity contribution in [2.24, 2.45) is 0 Å². The molecule has 0 aliphatic rings. The van der Waals surface area contributed by atoms with Crippen LogP contribution in [-0.4, -0.2) is 30.7 Å². The average molecular weight is 293 g/mol. The van der Waals surface area contributed by atoms with E-state index in [1.54, 1.807) is 6.92 Å². The second-order valence-electron chi connectivity index (χ2n) is 4.31. The van der Waals surface area contributed by atoms with Gasteiger partial charge in [0.15, 0.2) is 0 Å². The molecule has 0 bridgehead atoms. The molecule has 0 saturated carbocycles. The van der Waals surface area contributed by atoms with Crippen molar-refractivity contribution in [3.8, 4) is 0 Å². The molecule has 5 nitrogen and oxygen atoms in total. The highest BCUT2D eigenvalue weighted by molar-refractivity contribution is 7.89. The molecule has 1 unspecified atom stereocenters. The molecule has 1 heterocycles. The summed E-state index contributed by atoms with van der Waals surface area (Å²) < 4.78 is 26.8. The van der Waals surface area contributed by atoms with Gasteiger partial charge in [-0.15, -0.1) is 0 Å². The first-order valence-electron chi connectivity index (χ1n) is 5.59. The summed E-state index contributed by atoms with van der Waals surface area (Å²) >= 11 is 5.61. The molecule has 0 radical (unpaired) electrons. The normalized spacial score (nSPS) is 15.3. The Morgan fingerprint density at radius 3 is 2.61 bits per heavy atom. The van der Waals surface area contributed by atoms with E-state index in [9.17, 15) is 8.42 Å². The Morgan fingerprint density at radius 2 is 2.17 bits per heavy atom. The Balaban J connectivity index is 2.97.